The maximum absolute atomic E-state index is 9.13. The van der Waals surface area contributed by atoms with Crippen molar-refractivity contribution in [2.45, 2.75) is 6.04 Å². The predicted octanol–water partition coefficient (Wildman–Crippen LogP) is 4.36. The molecular weight excluding hydrogens is 256 g/mol. The van der Waals surface area contributed by atoms with Gasteiger partial charge in [0.25, 0.3) is 0 Å². The molecule has 0 radical (unpaired) electrons. The molecule has 0 aromatic heterocycles. The van der Waals surface area contributed by atoms with E-state index in [1.54, 1.807) is 12.1 Å². The smallest absolute Gasteiger partial charge is 0.133 e. The van der Waals surface area contributed by atoms with Gasteiger partial charge in [-0.1, -0.05) is 48.0 Å². The zero-order valence-corrected chi connectivity index (χ0v) is 11.0. The van der Waals surface area contributed by atoms with Crippen molar-refractivity contribution < 1.29 is 0 Å². The van der Waals surface area contributed by atoms with Crippen LogP contribution < -0.4 is 5.32 Å². The average Bonchev–Trinajstić information content (AvgIpc) is 2.46. The van der Waals surface area contributed by atoms with E-state index in [-0.39, 0.29) is 6.04 Å². The van der Waals surface area contributed by atoms with Gasteiger partial charge in [0.2, 0.25) is 0 Å². The first-order valence-electron chi connectivity index (χ1n) is 5.93. The highest BCUT2D eigenvalue weighted by Crippen LogP contribution is 2.14. The Labute approximate surface area is 118 Å². The summed E-state index contributed by atoms with van der Waals surface area (Å²) < 4.78 is 0. The van der Waals surface area contributed by atoms with Crippen LogP contribution in [0.2, 0.25) is 5.02 Å². The van der Waals surface area contributed by atoms with Crippen molar-refractivity contribution in [1.29, 1.82) is 5.26 Å². The highest BCUT2D eigenvalue weighted by molar-refractivity contribution is 6.30. The van der Waals surface area contributed by atoms with E-state index >= 15 is 0 Å². The Balaban J connectivity index is 2.03. The molecular formula is C16H13ClN2. The lowest BCUT2D eigenvalue weighted by Gasteiger charge is -2.08. The second-order valence-corrected chi connectivity index (χ2v) is 4.46. The van der Waals surface area contributed by atoms with Crippen molar-refractivity contribution in [2.24, 2.45) is 0 Å². The number of benzene rings is 2. The van der Waals surface area contributed by atoms with Crippen LogP contribution in [-0.4, -0.2) is 6.04 Å². The number of anilines is 1. The molecule has 1 unspecified atom stereocenters. The quantitative estimate of drug-likeness (QED) is 0.894. The van der Waals surface area contributed by atoms with Gasteiger partial charge in [0.15, 0.2) is 0 Å². The van der Waals surface area contributed by atoms with E-state index in [2.05, 4.69) is 11.4 Å². The third kappa shape index (κ3) is 4.17. The third-order valence-corrected chi connectivity index (χ3v) is 2.84. The highest BCUT2D eigenvalue weighted by atomic mass is 35.5. The fourth-order valence-electron chi connectivity index (χ4n) is 1.62. The number of hydrogen-bond donors (Lipinski definition) is 1. The molecule has 94 valence electrons. The van der Waals surface area contributed by atoms with Crippen molar-refractivity contribution in [3.63, 3.8) is 0 Å². The Morgan fingerprint density at radius 3 is 2.37 bits per heavy atom. The lowest BCUT2D eigenvalue weighted by molar-refractivity contribution is 1.12. The summed E-state index contributed by atoms with van der Waals surface area (Å²) in [6.07, 6.45) is 3.76. The maximum atomic E-state index is 9.13. The van der Waals surface area contributed by atoms with Crippen molar-refractivity contribution >= 4 is 23.4 Å². The van der Waals surface area contributed by atoms with Crippen LogP contribution in [-0.2, 0) is 0 Å². The normalized spacial score (nSPS) is 12.0. The molecule has 2 aromatic carbocycles. The molecule has 0 amide bonds. The van der Waals surface area contributed by atoms with Gasteiger partial charge in [0, 0.05) is 10.7 Å². The molecule has 1 atom stereocenters. The van der Waals surface area contributed by atoms with Gasteiger partial charge in [0.1, 0.15) is 6.04 Å². The Morgan fingerprint density at radius 2 is 1.74 bits per heavy atom. The van der Waals surface area contributed by atoms with Gasteiger partial charge in [-0.25, -0.2) is 0 Å². The summed E-state index contributed by atoms with van der Waals surface area (Å²) in [6.45, 7) is 0. The minimum absolute atomic E-state index is 0.374. The lowest BCUT2D eigenvalue weighted by Crippen LogP contribution is -2.13. The summed E-state index contributed by atoms with van der Waals surface area (Å²) in [5, 5.41) is 12.9. The summed E-state index contributed by atoms with van der Waals surface area (Å²) in [5.74, 6) is 0. The molecule has 2 nitrogen and oxygen atoms in total. The standard InChI is InChI=1S/C16H13ClN2/c17-14-7-10-15(11-8-14)19-16(12-18)9-6-13-4-2-1-3-5-13/h1-11,16,19H/b9-6+. The monoisotopic (exact) mass is 268 g/mol. The topological polar surface area (TPSA) is 35.8 Å². The Hall–Kier alpha value is -2.24. The number of hydrogen-bond acceptors (Lipinski definition) is 2. The third-order valence-electron chi connectivity index (χ3n) is 2.59. The number of nitriles is 1. The van der Waals surface area contributed by atoms with Crippen LogP contribution in [0.25, 0.3) is 6.08 Å². The van der Waals surface area contributed by atoms with E-state index in [1.165, 1.54) is 0 Å². The van der Waals surface area contributed by atoms with Gasteiger partial charge in [-0.15, -0.1) is 0 Å². The Morgan fingerprint density at radius 1 is 1.05 bits per heavy atom. The first-order chi connectivity index (χ1) is 9.28. The van der Waals surface area contributed by atoms with E-state index in [0.717, 1.165) is 11.3 Å². The Bertz CT molecular complexity index is 582. The lowest BCUT2D eigenvalue weighted by atomic mass is 10.1. The molecule has 0 aliphatic heterocycles. The maximum Gasteiger partial charge on any atom is 0.133 e. The van der Waals surface area contributed by atoms with E-state index in [9.17, 15) is 0 Å². The first-order valence-corrected chi connectivity index (χ1v) is 6.31. The number of halogens is 1. The molecule has 2 aromatic rings. The van der Waals surface area contributed by atoms with Gasteiger partial charge in [-0.2, -0.15) is 5.26 Å². The fraction of sp³-hybridized carbons (Fsp3) is 0.0625. The summed E-state index contributed by atoms with van der Waals surface area (Å²) in [7, 11) is 0. The molecule has 0 aliphatic carbocycles. The molecule has 1 N–H and O–H groups in total. The summed E-state index contributed by atoms with van der Waals surface area (Å²) in [4.78, 5) is 0. The minimum atomic E-state index is -0.374. The van der Waals surface area contributed by atoms with Crippen LogP contribution in [0.15, 0.2) is 60.7 Å². The molecule has 0 fully saturated rings. The minimum Gasteiger partial charge on any atom is -0.367 e. The summed E-state index contributed by atoms with van der Waals surface area (Å²) in [6, 6.07) is 19.0. The largest absolute Gasteiger partial charge is 0.367 e. The van der Waals surface area contributed by atoms with Crippen LogP contribution in [0.5, 0.6) is 0 Å². The molecule has 0 heterocycles. The number of nitrogens with one attached hydrogen (secondary N) is 1. The van der Waals surface area contributed by atoms with Gasteiger partial charge in [0.05, 0.1) is 6.07 Å². The van der Waals surface area contributed by atoms with Crippen LogP contribution in [0.3, 0.4) is 0 Å². The molecule has 0 saturated heterocycles. The molecule has 0 aliphatic rings. The second-order valence-electron chi connectivity index (χ2n) is 4.03. The van der Waals surface area contributed by atoms with Crippen LogP contribution in [0.4, 0.5) is 5.69 Å². The van der Waals surface area contributed by atoms with Crippen LogP contribution in [0, 0.1) is 11.3 Å². The second kappa shape index (κ2) is 6.63. The molecule has 0 saturated carbocycles. The average molecular weight is 269 g/mol. The van der Waals surface area contributed by atoms with Gasteiger partial charge >= 0.3 is 0 Å². The van der Waals surface area contributed by atoms with E-state index in [0.29, 0.717) is 5.02 Å². The number of nitrogens with zero attached hydrogens (tertiary/aromatic N) is 1. The van der Waals surface area contributed by atoms with Crippen molar-refractivity contribution in [1.82, 2.24) is 0 Å². The molecule has 3 heteroatoms. The van der Waals surface area contributed by atoms with Crippen molar-refractivity contribution in [3.8, 4) is 6.07 Å². The van der Waals surface area contributed by atoms with E-state index < -0.39 is 0 Å². The van der Waals surface area contributed by atoms with E-state index in [4.69, 9.17) is 16.9 Å². The highest BCUT2D eigenvalue weighted by Gasteiger charge is 2.02. The van der Waals surface area contributed by atoms with Gasteiger partial charge < -0.3 is 5.32 Å². The van der Waals surface area contributed by atoms with E-state index in [1.807, 2.05) is 54.6 Å². The molecule has 19 heavy (non-hydrogen) atoms. The molecule has 2 rings (SSSR count). The fourth-order valence-corrected chi connectivity index (χ4v) is 1.75. The van der Waals surface area contributed by atoms with Crippen LogP contribution >= 0.6 is 11.6 Å². The van der Waals surface area contributed by atoms with Gasteiger partial charge in [-0.05, 0) is 35.9 Å². The number of rotatable bonds is 4. The Kier molecular flexibility index (Phi) is 4.60. The summed E-state index contributed by atoms with van der Waals surface area (Å²) >= 11 is 5.82. The summed E-state index contributed by atoms with van der Waals surface area (Å²) in [5.41, 5.74) is 1.94. The molecule has 0 bridgehead atoms. The molecule has 0 spiro atoms. The van der Waals surface area contributed by atoms with Crippen molar-refractivity contribution in [3.05, 3.63) is 71.3 Å². The van der Waals surface area contributed by atoms with Crippen LogP contribution in [0.1, 0.15) is 5.56 Å². The first kappa shape index (κ1) is 13.2. The van der Waals surface area contributed by atoms with Crippen molar-refractivity contribution in [2.75, 3.05) is 5.32 Å². The predicted molar refractivity (Wildman–Crippen MR) is 80.0 cm³/mol. The van der Waals surface area contributed by atoms with Gasteiger partial charge in [-0.3, -0.25) is 0 Å². The zero-order chi connectivity index (χ0) is 13.5. The zero-order valence-electron chi connectivity index (χ0n) is 10.3. The SMILES string of the molecule is N#CC(/C=C/c1ccccc1)Nc1ccc(Cl)cc1.